The fraction of sp³-hybridized carbons (Fsp3) is 0. The van der Waals surface area contributed by atoms with E-state index in [1.807, 2.05) is 6.07 Å². The number of para-hydroxylation sites is 3. The van der Waals surface area contributed by atoms with Gasteiger partial charge in [0.05, 0.1) is 11.0 Å². The van der Waals surface area contributed by atoms with Crippen molar-refractivity contribution in [2.24, 2.45) is 0 Å². The largest absolute Gasteiger partial charge is 0.309 e. The average molecular weight is 853 g/mol. The Hall–Kier alpha value is -8.99. The summed E-state index contributed by atoms with van der Waals surface area (Å²) in [6, 6.07) is 86.4. The summed E-state index contributed by atoms with van der Waals surface area (Å²) in [4.78, 5) is 15.8. The minimum absolute atomic E-state index is 0.613. The van der Waals surface area contributed by atoms with Crippen molar-refractivity contribution in [1.82, 2.24) is 19.5 Å². The Kier molecular flexibility index (Phi) is 9.14. The normalized spacial score (nSPS) is 11.6. The Morgan fingerprint density at radius 3 is 1.54 bits per heavy atom. The maximum absolute atomic E-state index is 5.26. The lowest BCUT2D eigenvalue weighted by Gasteiger charge is -2.15. The Morgan fingerprint density at radius 2 is 0.791 bits per heavy atom. The van der Waals surface area contributed by atoms with Crippen LogP contribution < -0.4 is 0 Å². The standard InChI is InChI=1S/C63H40N4/c1-3-16-41(17-4-1)49-22-11-12-26-56(49)63-65-61(45-34-30-43(31-35-45)52-27-15-28-55-53-25-13-14-29-58(53)67(60(52)55)48-20-5-2-6-21-48)64-62(66-63)46-36-32-44(33-37-46)59-51-24-10-8-19-47(51)40-57-50-23-9-7-18-42(50)38-39-54(57)59/h1-40H. The van der Waals surface area contributed by atoms with Gasteiger partial charge in [-0.15, -0.1) is 0 Å². The van der Waals surface area contributed by atoms with Crippen molar-refractivity contribution in [1.29, 1.82) is 0 Å². The SMILES string of the molecule is c1ccc(-c2ccccc2-c2nc(-c3ccc(-c4c5ccccc5cc5c4ccc4ccccc45)cc3)nc(-c3ccc(-c4cccc5c6ccccc6n(-c6ccccc6)c45)cc3)n2)cc1. The molecular weight excluding hydrogens is 813 g/mol. The number of rotatable bonds is 7. The van der Waals surface area contributed by atoms with Gasteiger partial charge in [0.1, 0.15) is 0 Å². The number of fused-ring (bicyclic) bond motifs is 7. The predicted molar refractivity (Wildman–Crippen MR) is 279 cm³/mol. The first-order valence-electron chi connectivity index (χ1n) is 22.8. The van der Waals surface area contributed by atoms with Crippen LogP contribution >= 0.6 is 0 Å². The zero-order valence-corrected chi connectivity index (χ0v) is 36.4. The highest BCUT2D eigenvalue weighted by Crippen LogP contribution is 2.42. The molecule has 0 aliphatic carbocycles. The summed E-state index contributed by atoms with van der Waals surface area (Å²) in [5.74, 6) is 1.85. The highest BCUT2D eigenvalue weighted by Gasteiger charge is 2.19. The summed E-state index contributed by atoms with van der Waals surface area (Å²) < 4.78 is 2.39. The molecule has 0 amide bonds. The molecule has 0 bridgehead atoms. The Balaban J connectivity index is 0.954. The monoisotopic (exact) mass is 852 g/mol. The van der Waals surface area contributed by atoms with Crippen LogP contribution in [0.5, 0.6) is 0 Å². The first kappa shape index (κ1) is 38.5. The van der Waals surface area contributed by atoms with Crippen molar-refractivity contribution in [3.63, 3.8) is 0 Å². The minimum Gasteiger partial charge on any atom is -0.309 e. The number of aromatic nitrogens is 4. The van der Waals surface area contributed by atoms with Crippen molar-refractivity contribution in [3.8, 4) is 73.2 Å². The van der Waals surface area contributed by atoms with Crippen molar-refractivity contribution < 1.29 is 0 Å². The van der Waals surface area contributed by atoms with E-state index in [0.29, 0.717) is 17.5 Å². The third-order valence-electron chi connectivity index (χ3n) is 13.3. The highest BCUT2D eigenvalue weighted by atomic mass is 15.0. The van der Waals surface area contributed by atoms with Crippen LogP contribution in [-0.4, -0.2) is 19.5 Å². The number of hydrogen-bond donors (Lipinski definition) is 0. The second-order valence-electron chi connectivity index (χ2n) is 17.1. The molecule has 2 heterocycles. The van der Waals surface area contributed by atoms with Gasteiger partial charge in [0.15, 0.2) is 17.5 Å². The quantitative estimate of drug-likeness (QED) is 0.118. The zero-order valence-electron chi connectivity index (χ0n) is 36.4. The molecule has 312 valence electrons. The summed E-state index contributed by atoms with van der Waals surface area (Å²) in [5.41, 5.74) is 13.1. The summed E-state index contributed by atoms with van der Waals surface area (Å²) >= 11 is 0. The average Bonchev–Trinajstić information content (AvgIpc) is 3.75. The van der Waals surface area contributed by atoms with E-state index >= 15 is 0 Å². The van der Waals surface area contributed by atoms with Gasteiger partial charge in [0.2, 0.25) is 0 Å². The maximum atomic E-state index is 5.26. The van der Waals surface area contributed by atoms with Crippen LogP contribution in [0.2, 0.25) is 0 Å². The van der Waals surface area contributed by atoms with Gasteiger partial charge >= 0.3 is 0 Å². The van der Waals surface area contributed by atoms with Gasteiger partial charge in [-0.2, -0.15) is 0 Å². The van der Waals surface area contributed by atoms with Crippen LogP contribution in [0.3, 0.4) is 0 Å². The lowest BCUT2D eigenvalue weighted by atomic mass is 9.89. The number of benzene rings is 11. The lowest BCUT2D eigenvalue weighted by molar-refractivity contribution is 1.07. The Bertz CT molecular complexity index is 4010. The van der Waals surface area contributed by atoms with Gasteiger partial charge in [-0.25, -0.2) is 15.0 Å². The van der Waals surface area contributed by atoms with Gasteiger partial charge in [0.25, 0.3) is 0 Å². The number of nitrogens with zero attached hydrogens (tertiary/aromatic N) is 4. The minimum atomic E-state index is 0.613. The molecule has 0 N–H and O–H groups in total. The van der Waals surface area contributed by atoms with Crippen LogP contribution in [0.25, 0.3) is 127 Å². The molecule has 11 aromatic carbocycles. The van der Waals surface area contributed by atoms with Crippen molar-refractivity contribution >= 4 is 54.1 Å². The van der Waals surface area contributed by atoms with Gasteiger partial charge in [0, 0.05) is 38.7 Å². The van der Waals surface area contributed by atoms with E-state index in [1.54, 1.807) is 0 Å². The van der Waals surface area contributed by atoms with Crippen molar-refractivity contribution in [2.45, 2.75) is 0 Å². The number of hydrogen-bond acceptors (Lipinski definition) is 3. The molecule has 4 nitrogen and oxygen atoms in total. The molecule has 0 atom stereocenters. The van der Waals surface area contributed by atoms with E-state index in [-0.39, 0.29) is 0 Å². The summed E-state index contributed by atoms with van der Waals surface area (Å²) in [5, 5.41) is 9.86. The molecule has 0 saturated carbocycles. The van der Waals surface area contributed by atoms with Crippen molar-refractivity contribution in [2.75, 3.05) is 0 Å². The zero-order chi connectivity index (χ0) is 44.3. The van der Waals surface area contributed by atoms with E-state index in [1.165, 1.54) is 59.7 Å². The smallest absolute Gasteiger partial charge is 0.164 e. The van der Waals surface area contributed by atoms with Gasteiger partial charge < -0.3 is 4.57 Å². The van der Waals surface area contributed by atoms with Crippen LogP contribution in [0.1, 0.15) is 0 Å². The molecular formula is C63H40N4. The molecule has 0 radical (unpaired) electrons. The summed E-state index contributed by atoms with van der Waals surface area (Å²) in [6.07, 6.45) is 0. The molecule has 13 rings (SSSR count). The second kappa shape index (κ2) is 15.9. The third-order valence-corrected chi connectivity index (χ3v) is 13.3. The summed E-state index contributed by atoms with van der Waals surface area (Å²) in [6.45, 7) is 0. The Labute approximate surface area is 387 Å². The predicted octanol–water partition coefficient (Wildman–Crippen LogP) is 16.4. The van der Waals surface area contributed by atoms with Crippen molar-refractivity contribution in [3.05, 3.63) is 243 Å². The topological polar surface area (TPSA) is 43.6 Å². The first-order valence-corrected chi connectivity index (χ1v) is 22.8. The molecule has 4 heteroatoms. The molecule has 2 aromatic heterocycles. The molecule has 0 saturated heterocycles. The molecule has 0 fully saturated rings. The fourth-order valence-corrected chi connectivity index (χ4v) is 10.1. The van der Waals surface area contributed by atoms with E-state index in [4.69, 9.17) is 15.0 Å². The van der Waals surface area contributed by atoms with E-state index in [9.17, 15) is 0 Å². The lowest BCUT2D eigenvalue weighted by Crippen LogP contribution is -2.01. The first-order chi connectivity index (χ1) is 33.2. The third kappa shape index (κ3) is 6.57. The van der Waals surface area contributed by atoms with E-state index < -0.39 is 0 Å². The molecule has 13 aromatic rings. The van der Waals surface area contributed by atoms with Crippen LogP contribution in [-0.2, 0) is 0 Å². The van der Waals surface area contributed by atoms with Crippen LogP contribution in [0.15, 0.2) is 243 Å². The molecule has 0 spiro atoms. The van der Waals surface area contributed by atoms with Crippen LogP contribution in [0.4, 0.5) is 0 Å². The van der Waals surface area contributed by atoms with Gasteiger partial charge in [-0.05, 0) is 84.4 Å². The van der Waals surface area contributed by atoms with Gasteiger partial charge in [-0.1, -0.05) is 218 Å². The van der Waals surface area contributed by atoms with E-state index in [2.05, 4.69) is 241 Å². The van der Waals surface area contributed by atoms with E-state index in [0.717, 1.165) is 50.2 Å². The maximum Gasteiger partial charge on any atom is 0.164 e. The van der Waals surface area contributed by atoms with Gasteiger partial charge in [-0.3, -0.25) is 0 Å². The molecule has 0 unspecified atom stereocenters. The fourth-order valence-electron chi connectivity index (χ4n) is 10.1. The molecule has 67 heavy (non-hydrogen) atoms. The Morgan fingerprint density at radius 1 is 0.269 bits per heavy atom. The molecule has 0 aliphatic rings. The highest BCUT2D eigenvalue weighted by molar-refractivity contribution is 6.20. The second-order valence-corrected chi connectivity index (χ2v) is 17.1. The molecule has 0 aliphatic heterocycles. The van der Waals surface area contributed by atoms with Crippen LogP contribution in [0, 0.1) is 0 Å². The summed E-state index contributed by atoms with van der Waals surface area (Å²) in [7, 11) is 0.